The molecule has 2 unspecified atom stereocenters. The molecule has 3 heteroatoms. The Morgan fingerprint density at radius 2 is 2.53 bits per heavy atom. The first-order valence-corrected chi connectivity index (χ1v) is 5.66. The monoisotopic (exact) mass is 208 g/mol. The van der Waals surface area contributed by atoms with Gasteiger partial charge in [0, 0.05) is 18.9 Å². The number of nitrogens with one attached hydrogen (secondary N) is 2. The Morgan fingerprint density at radius 1 is 1.73 bits per heavy atom. The van der Waals surface area contributed by atoms with E-state index in [9.17, 15) is 4.79 Å². The number of carbonyl (C=O) groups is 1. The zero-order valence-electron chi connectivity index (χ0n) is 9.38. The first kappa shape index (κ1) is 12.1. The summed E-state index contributed by atoms with van der Waals surface area (Å²) in [6, 6.07) is 0.0963. The number of hydrogen-bond acceptors (Lipinski definition) is 2. The van der Waals surface area contributed by atoms with Crippen LogP contribution in [0.15, 0.2) is 0 Å². The van der Waals surface area contributed by atoms with Gasteiger partial charge in [0.2, 0.25) is 5.91 Å². The molecule has 1 aliphatic heterocycles. The molecule has 15 heavy (non-hydrogen) atoms. The molecule has 3 nitrogen and oxygen atoms in total. The van der Waals surface area contributed by atoms with Crippen molar-refractivity contribution >= 4 is 5.91 Å². The van der Waals surface area contributed by atoms with Gasteiger partial charge in [-0.15, -0.1) is 12.3 Å². The van der Waals surface area contributed by atoms with Gasteiger partial charge in [-0.3, -0.25) is 4.79 Å². The molecule has 1 aliphatic rings. The van der Waals surface area contributed by atoms with Gasteiger partial charge < -0.3 is 10.6 Å². The molecule has 1 saturated heterocycles. The first-order chi connectivity index (χ1) is 7.22. The second kappa shape index (κ2) is 6.47. The molecule has 0 bridgehead atoms. The van der Waals surface area contributed by atoms with E-state index in [0.717, 1.165) is 19.5 Å². The van der Waals surface area contributed by atoms with E-state index in [1.54, 1.807) is 0 Å². The van der Waals surface area contributed by atoms with Gasteiger partial charge in [-0.25, -0.2) is 0 Å². The topological polar surface area (TPSA) is 41.1 Å². The third-order valence-corrected chi connectivity index (χ3v) is 2.70. The van der Waals surface area contributed by atoms with E-state index in [4.69, 9.17) is 6.42 Å². The van der Waals surface area contributed by atoms with E-state index >= 15 is 0 Å². The van der Waals surface area contributed by atoms with Crippen LogP contribution in [0.3, 0.4) is 0 Å². The van der Waals surface area contributed by atoms with E-state index in [1.807, 2.05) is 6.92 Å². The Kier molecular flexibility index (Phi) is 5.20. The standard InChI is InChI=1S/C12H20N2O/c1-3-5-10(2)14-12(15)8-11-6-4-7-13-9-11/h1,10-11,13H,4-9H2,2H3,(H,14,15). The number of piperidine rings is 1. The average molecular weight is 208 g/mol. The zero-order chi connectivity index (χ0) is 11.1. The average Bonchev–Trinajstić information content (AvgIpc) is 2.19. The second-order valence-corrected chi connectivity index (χ2v) is 4.29. The minimum atomic E-state index is 0.0963. The molecule has 0 aromatic rings. The molecule has 0 spiro atoms. The molecule has 1 heterocycles. The lowest BCUT2D eigenvalue weighted by Crippen LogP contribution is -2.37. The van der Waals surface area contributed by atoms with Gasteiger partial charge in [0.15, 0.2) is 0 Å². The van der Waals surface area contributed by atoms with Crippen LogP contribution in [0.2, 0.25) is 0 Å². The molecule has 2 atom stereocenters. The quantitative estimate of drug-likeness (QED) is 0.674. The highest BCUT2D eigenvalue weighted by molar-refractivity contribution is 5.76. The summed E-state index contributed by atoms with van der Waals surface area (Å²) in [4.78, 5) is 11.6. The van der Waals surface area contributed by atoms with Crippen molar-refractivity contribution in [3.63, 3.8) is 0 Å². The molecular formula is C12H20N2O. The number of terminal acetylenes is 1. The molecule has 0 aromatic carbocycles. The van der Waals surface area contributed by atoms with Crippen LogP contribution in [-0.2, 0) is 4.79 Å². The molecule has 0 aliphatic carbocycles. The van der Waals surface area contributed by atoms with Crippen LogP contribution in [0.4, 0.5) is 0 Å². The van der Waals surface area contributed by atoms with Gasteiger partial charge >= 0.3 is 0 Å². The summed E-state index contributed by atoms with van der Waals surface area (Å²) in [6.45, 7) is 4.00. The van der Waals surface area contributed by atoms with E-state index in [1.165, 1.54) is 6.42 Å². The summed E-state index contributed by atoms with van der Waals surface area (Å²) in [5.74, 6) is 3.18. The maximum atomic E-state index is 11.6. The highest BCUT2D eigenvalue weighted by Crippen LogP contribution is 2.13. The normalized spacial score (nSPS) is 22.8. The van der Waals surface area contributed by atoms with Crippen LogP contribution < -0.4 is 10.6 Å². The fourth-order valence-corrected chi connectivity index (χ4v) is 1.92. The van der Waals surface area contributed by atoms with E-state index in [0.29, 0.717) is 18.8 Å². The van der Waals surface area contributed by atoms with Crippen molar-refractivity contribution in [1.29, 1.82) is 0 Å². The van der Waals surface area contributed by atoms with Crippen LogP contribution in [0.1, 0.15) is 32.6 Å². The Bertz CT molecular complexity index is 238. The predicted molar refractivity (Wildman–Crippen MR) is 61.3 cm³/mol. The molecule has 0 radical (unpaired) electrons. The molecule has 1 amide bonds. The lowest BCUT2D eigenvalue weighted by Gasteiger charge is -2.22. The lowest BCUT2D eigenvalue weighted by molar-refractivity contribution is -0.122. The molecule has 84 valence electrons. The first-order valence-electron chi connectivity index (χ1n) is 5.66. The van der Waals surface area contributed by atoms with Gasteiger partial charge in [0.1, 0.15) is 0 Å². The van der Waals surface area contributed by atoms with Crippen molar-refractivity contribution in [2.24, 2.45) is 5.92 Å². The predicted octanol–water partition coefficient (Wildman–Crippen LogP) is 0.904. The van der Waals surface area contributed by atoms with Gasteiger partial charge in [-0.2, -0.15) is 0 Å². The summed E-state index contributed by atoms with van der Waals surface area (Å²) < 4.78 is 0. The van der Waals surface area contributed by atoms with E-state index in [2.05, 4.69) is 16.6 Å². The fourth-order valence-electron chi connectivity index (χ4n) is 1.92. The SMILES string of the molecule is C#CCC(C)NC(=O)CC1CCCNC1. The van der Waals surface area contributed by atoms with Crippen LogP contribution in [0.5, 0.6) is 0 Å². The summed E-state index contributed by atoms with van der Waals surface area (Å²) in [5.41, 5.74) is 0. The molecule has 1 fully saturated rings. The van der Waals surface area contributed by atoms with Gasteiger partial charge in [0.25, 0.3) is 0 Å². The summed E-state index contributed by atoms with van der Waals surface area (Å²) in [5, 5.41) is 6.23. The van der Waals surface area contributed by atoms with Crippen molar-refractivity contribution in [3.8, 4) is 12.3 Å². The maximum Gasteiger partial charge on any atom is 0.220 e. The summed E-state index contributed by atoms with van der Waals surface area (Å²) >= 11 is 0. The maximum absolute atomic E-state index is 11.6. The number of carbonyl (C=O) groups excluding carboxylic acids is 1. The fraction of sp³-hybridized carbons (Fsp3) is 0.750. The van der Waals surface area contributed by atoms with Crippen molar-refractivity contribution in [2.45, 2.75) is 38.6 Å². The molecule has 2 N–H and O–H groups in total. The smallest absolute Gasteiger partial charge is 0.220 e. The van der Waals surface area contributed by atoms with E-state index < -0.39 is 0 Å². The van der Waals surface area contributed by atoms with Gasteiger partial charge in [0.05, 0.1) is 0 Å². The van der Waals surface area contributed by atoms with Gasteiger partial charge in [-0.1, -0.05) is 0 Å². The van der Waals surface area contributed by atoms with E-state index in [-0.39, 0.29) is 11.9 Å². The zero-order valence-corrected chi connectivity index (χ0v) is 9.38. The van der Waals surface area contributed by atoms with Crippen LogP contribution in [-0.4, -0.2) is 25.0 Å². The summed E-state index contributed by atoms with van der Waals surface area (Å²) in [7, 11) is 0. The Labute approximate surface area is 92.0 Å². The largest absolute Gasteiger partial charge is 0.353 e. The minimum Gasteiger partial charge on any atom is -0.353 e. The Hall–Kier alpha value is -1.01. The number of amides is 1. The summed E-state index contributed by atoms with van der Waals surface area (Å²) in [6.07, 6.45) is 8.75. The van der Waals surface area contributed by atoms with Crippen molar-refractivity contribution in [2.75, 3.05) is 13.1 Å². The third kappa shape index (κ3) is 4.85. The highest BCUT2D eigenvalue weighted by Gasteiger charge is 2.17. The Morgan fingerprint density at radius 3 is 3.13 bits per heavy atom. The van der Waals surface area contributed by atoms with Crippen molar-refractivity contribution < 1.29 is 4.79 Å². The molecule has 0 saturated carbocycles. The van der Waals surface area contributed by atoms with Crippen LogP contribution in [0.25, 0.3) is 0 Å². The van der Waals surface area contributed by atoms with Gasteiger partial charge in [-0.05, 0) is 38.8 Å². The molecule has 0 aromatic heterocycles. The van der Waals surface area contributed by atoms with Crippen LogP contribution >= 0.6 is 0 Å². The molecular weight excluding hydrogens is 188 g/mol. The second-order valence-electron chi connectivity index (χ2n) is 4.29. The third-order valence-electron chi connectivity index (χ3n) is 2.70. The minimum absolute atomic E-state index is 0.0963. The van der Waals surface area contributed by atoms with Crippen LogP contribution in [0, 0.1) is 18.3 Å². The number of hydrogen-bond donors (Lipinski definition) is 2. The highest BCUT2D eigenvalue weighted by atomic mass is 16.1. The molecule has 1 rings (SSSR count). The Balaban J connectivity index is 2.20. The number of rotatable bonds is 4. The van der Waals surface area contributed by atoms with Crippen molar-refractivity contribution in [3.05, 3.63) is 0 Å². The van der Waals surface area contributed by atoms with Crippen molar-refractivity contribution in [1.82, 2.24) is 10.6 Å². The lowest BCUT2D eigenvalue weighted by atomic mass is 9.96.